The Balaban J connectivity index is 1.81. The zero-order valence-corrected chi connectivity index (χ0v) is 13.7. The van der Waals surface area contributed by atoms with E-state index < -0.39 is 5.97 Å². The van der Waals surface area contributed by atoms with Crippen molar-refractivity contribution < 1.29 is 23.2 Å². The fraction of sp³-hybridized carbons (Fsp3) is 0.158. The Kier molecular flexibility index (Phi) is 4.99. The lowest BCUT2D eigenvalue weighted by Crippen LogP contribution is -2.29. The largest absolute Gasteiger partial charge is 0.467 e. The molecule has 3 rings (SSSR count). The van der Waals surface area contributed by atoms with E-state index in [-0.39, 0.29) is 5.91 Å². The number of esters is 1. The molecule has 25 heavy (non-hydrogen) atoms. The average Bonchev–Trinajstić information content (AvgIpc) is 3.34. The molecule has 0 saturated carbocycles. The SMILES string of the molecule is COC(=O)c1ccc(C(=O)N(Cc2ccco2)Cc2ccco2)cc1. The van der Waals surface area contributed by atoms with E-state index in [2.05, 4.69) is 4.74 Å². The Bertz CT molecular complexity index is 783. The number of methoxy groups -OCH3 is 1. The second-order valence-electron chi connectivity index (χ2n) is 5.39. The van der Waals surface area contributed by atoms with Gasteiger partial charge in [0, 0.05) is 5.56 Å². The van der Waals surface area contributed by atoms with Gasteiger partial charge in [0.2, 0.25) is 0 Å². The van der Waals surface area contributed by atoms with Gasteiger partial charge in [0.1, 0.15) is 11.5 Å². The molecule has 0 aliphatic rings. The van der Waals surface area contributed by atoms with Crippen LogP contribution in [0.15, 0.2) is 69.9 Å². The van der Waals surface area contributed by atoms with Gasteiger partial charge >= 0.3 is 5.97 Å². The van der Waals surface area contributed by atoms with Crippen LogP contribution in [-0.4, -0.2) is 23.9 Å². The van der Waals surface area contributed by atoms with Crippen LogP contribution < -0.4 is 0 Å². The maximum Gasteiger partial charge on any atom is 0.337 e. The molecular formula is C19H17NO5. The minimum Gasteiger partial charge on any atom is -0.467 e. The molecule has 3 aromatic rings. The number of hydrogen-bond acceptors (Lipinski definition) is 5. The van der Waals surface area contributed by atoms with Gasteiger partial charge in [0.15, 0.2) is 0 Å². The fourth-order valence-corrected chi connectivity index (χ4v) is 2.43. The number of furan rings is 2. The first-order chi connectivity index (χ1) is 12.2. The molecule has 0 bridgehead atoms. The van der Waals surface area contributed by atoms with Crippen LogP contribution in [0.4, 0.5) is 0 Å². The van der Waals surface area contributed by atoms with Crippen LogP contribution >= 0.6 is 0 Å². The summed E-state index contributed by atoms with van der Waals surface area (Å²) in [5.74, 6) is 0.711. The lowest BCUT2D eigenvalue weighted by molar-refractivity contribution is 0.0599. The van der Waals surface area contributed by atoms with E-state index in [0.29, 0.717) is 35.7 Å². The zero-order valence-electron chi connectivity index (χ0n) is 13.7. The van der Waals surface area contributed by atoms with E-state index in [0.717, 1.165) is 0 Å². The molecule has 128 valence electrons. The number of benzene rings is 1. The summed E-state index contributed by atoms with van der Waals surface area (Å²) in [7, 11) is 1.32. The maximum atomic E-state index is 12.9. The second kappa shape index (κ2) is 7.53. The van der Waals surface area contributed by atoms with Crippen LogP contribution in [0.1, 0.15) is 32.2 Å². The van der Waals surface area contributed by atoms with Gasteiger partial charge in [0.05, 0.1) is 38.3 Å². The number of amides is 1. The van der Waals surface area contributed by atoms with Gasteiger partial charge in [-0.2, -0.15) is 0 Å². The predicted molar refractivity (Wildman–Crippen MR) is 88.8 cm³/mol. The highest BCUT2D eigenvalue weighted by molar-refractivity contribution is 5.96. The minimum absolute atomic E-state index is 0.191. The summed E-state index contributed by atoms with van der Waals surface area (Å²) in [5, 5.41) is 0. The van der Waals surface area contributed by atoms with Crippen LogP contribution in [0.5, 0.6) is 0 Å². The molecule has 0 radical (unpaired) electrons. The van der Waals surface area contributed by atoms with Gasteiger partial charge in [-0.15, -0.1) is 0 Å². The molecule has 6 nitrogen and oxygen atoms in total. The van der Waals surface area contributed by atoms with E-state index in [9.17, 15) is 9.59 Å². The lowest BCUT2D eigenvalue weighted by atomic mass is 10.1. The number of ether oxygens (including phenoxy) is 1. The summed E-state index contributed by atoms with van der Waals surface area (Å²) in [4.78, 5) is 26.0. The standard InChI is InChI=1S/C19H17NO5/c1-23-19(22)15-8-6-14(7-9-15)18(21)20(12-16-4-2-10-24-16)13-17-5-3-11-25-17/h2-11H,12-13H2,1H3. The predicted octanol–water partition coefficient (Wildman–Crippen LogP) is 3.50. The normalized spacial score (nSPS) is 10.4. The van der Waals surface area contributed by atoms with Crippen molar-refractivity contribution in [1.82, 2.24) is 4.90 Å². The molecule has 0 N–H and O–H groups in total. The Morgan fingerprint density at radius 3 is 1.84 bits per heavy atom. The Hall–Kier alpha value is -3.28. The third-order valence-corrected chi connectivity index (χ3v) is 3.69. The van der Waals surface area contributed by atoms with E-state index in [1.807, 2.05) is 12.1 Å². The summed E-state index contributed by atoms with van der Waals surface area (Å²) in [6, 6.07) is 13.5. The van der Waals surface area contributed by atoms with Gasteiger partial charge in [-0.1, -0.05) is 0 Å². The first-order valence-electron chi connectivity index (χ1n) is 7.70. The molecule has 2 aromatic heterocycles. The number of hydrogen-bond donors (Lipinski definition) is 0. The minimum atomic E-state index is -0.443. The molecule has 0 spiro atoms. The molecule has 1 aromatic carbocycles. The molecule has 0 saturated heterocycles. The monoisotopic (exact) mass is 339 g/mol. The number of rotatable bonds is 6. The summed E-state index contributed by atoms with van der Waals surface area (Å²) >= 11 is 0. The van der Waals surface area contributed by atoms with Gasteiger partial charge < -0.3 is 18.5 Å². The fourth-order valence-electron chi connectivity index (χ4n) is 2.43. The van der Waals surface area contributed by atoms with Crippen LogP contribution in [0.3, 0.4) is 0 Å². The molecular weight excluding hydrogens is 322 g/mol. The van der Waals surface area contributed by atoms with Crippen molar-refractivity contribution in [2.45, 2.75) is 13.1 Å². The van der Waals surface area contributed by atoms with Gasteiger partial charge in [0.25, 0.3) is 5.91 Å². The van der Waals surface area contributed by atoms with Gasteiger partial charge in [-0.3, -0.25) is 4.79 Å². The summed E-state index contributed by atoms with van der Waals surface area (Å²) < 4.78 is 15.4. The molecule has 0 aliphatic carbocycles. The topological polar surface area (TPSA) is 72.9 Å². The van der Waals surface area contributed by atoms with E-state index in [1.54, 1.807) is 53.8 Å². The van der Waals surface area contributed by atoms with Crippen LogP contribution in [0, 0.1) is 0 Å². The zero-order chi connectivity index (χ0) is 17.6. The van der Waals surface area contributed by atoms with Crippen molar-refractivity contribution in [3.63, 3.8) is 0 Å². The highest BCUT2D eigenvalue weighted by Gasteiger charge is 2.19. The average molecular weight is 339 g/mol. The molecule has 1 amide bonds. The molecule has 0 fully saturated rings. The quantitative estimate of drug-likeness (QED) is 0.643. The van der Waals surface area contributed by atoms with E-state index in [4.69, 9.17) is 8.83 Å². The molecule has 0 aliphatic heterocycles. The van der Waals surface area contributed by atoms with Crippen LogP contribution in [0.2, 0.25) is 0 Å². The number of carbonyl (C=O) groups is 2. The van der Waals surface area contributed by atoms with Crippen LogP contribution in [-0.2, 0) is 17.8 Å². The van der Waals surface area contributed by atoms with Crippen molar-refractivity contribution in [3.8, 4) is 0 Å². The molecule has 2 heterocycles. The van der Waals surface area contributed by atoms with Crippen molar-refractivity contribution >= 4 is 11.9 Å². The second-order valence-corrected chi connectivity index (χ2v) is 5.39. The van der Waals surface area contributed by atoms with Crippen molar-refractivity contribution in [2.24, 2.45) is 0 Å². The van der Waals surface area contributed by atoms with E-state index in [1.165, 1.54) is 7.11 Å². The van der Waals surface area contributed by atoms with Gasteiger partial charge in [-0.25, -0.2) is 4.79 Å². The number of nitrogens with zero attached hydrogens (tertiary/aromatic N) is 1. The Morgan fingerprint density at radius 1 is 0.880 bits per heavy atom. The summed E-state index contributed by atoms with van der Waals surface area (Å²) in [6.07, 6.45) is 3.13. The maximum absolute atomic E-state index is 12.9. The van der Waals surface area contributed by atoms with Crippen molar-refractivity contribution in [3.05, 3.63) is 83.7 Å². The first-order valence-corrected chi connectivity index (χ1v) is 7.70. The lowest BCUT2D eigenvalue weighted by Gasteiger charge is -2.20. The summed E-state index contributed by atoms with van der Waals surface area (Å²) in [5.41, 5.74) is 0.855. The third-order valence-electron chi connectivity index (χ3n) is 3.69. The van der Waals surface area contributed by atoms with E-state index >= 15 is 0 Å². The highest BCUT2D eigenvalue weighted by Crippen LogP contribution is 2.16. The Morgan fingerprint density at radius 2 is 1.40 bits per heavy atom. The Labute approximate surface area is 144 Å². The van der Waals surface area contributed by atoms with Gasteiger partial charge in [-0.05, 0) is 48.5 Å². The molecule has 0 unspecified atom stereocenters. The molecule has 0 atom stereocenters. The summed E-state index contributed by atoms with van der Waals surface area (Å²) in [6.45, 7) is 0.622. The highest BCUT2D eigenvalue weighted by atomic mass is 16.5. The third kappa shape index (κ3) is 3.98. The molecule has 6 heteroatoms. The van der Waals surface area contributed by atoms with Crippen molar-refractivity contribution in [1.29, 1.82) is 0 Å². The first kappa shape index (κ1) is 16.6. The smallest absolute Gasteiger partial charge is 0.337 e. The number of carbonyl (C=O) groups excluding carboxylic acids is 2. The van der Waals surface area contributed by atoms with Crippen molar-refractivity contribution in [2.75, 3.05) is 7.11 Å². The van der Waals surface area contributed by atoms with Crippen LogP contribution in [0.25, 0.3) is 0 Å².